The number of fused-ring (bicyclic) bond motifs is 1. The quantitative estimate of drug-likeness (QED) is 0.693. The van der Waals surface area contributed by atoms with E-state index in [1.165, 1.54) is 11.3 Å². The second-order valence-electron chi connectivity index (χ2n) is 8.86. The van der Waals surface area contributed by atoms with Gasteiger partial charge >= 0.3 is 0 Å². The van der Waals surface area contributed by atoms with Crippen LogP contribution in [-0.2, 0) is 5.54 Å². The summed E-state index contributed by atoms with van der Waals surface area (Å²) < 4.78 is 1.93. The van der Waals surface area contributed by atoms with Crippen LogP contribution in [0.3, 0.4) is 0 Å². The second kappa shape index (κ2) is 7.71. The first kappa shape index (κ1) is 19.8. The van der Waals surface area contributed by atoms with Gasteiger partial charge in [0, 0.05) is 0 Å². The molecule has 0 unspecified atom stereocenters. The van der Waals surface area contributed by atoms with Crippen LogP contribution in [0.4, 0.5) is 0 Å². The number of likely N-dealkylation sites (tertiary alicyclic amines) is 1. The number of piperidine rings is 1. The molecule has 2 aromatic heterocycles. The molecular formula is C22H31N6O+. The fourth-order valence-electron chi connectivity index (χ4n) is 4.41. The van der Waals surface area contributed by atoms with Crippen molar-refractivity contribution in [2.75, 3.05) is 13.1 Å². The van der Waals surface area contributed by atoms with E-state index in [1.807, 2.05) is 29.8 Å². The lowest BCUT2D eigenvalue weighted by Gasteiger charge is -2.33. The Morgan fingerprint density at radius 3 is 2.72 bits per heavy atom. The van der Waals surface area contributed by atoms with Crippen molar-refractivity contribution in [1.29, 1.82) is 0 Å². The lowest BCUT2D eigenvalue weighted by Crippen LogP contribution is -3.13. The molecule has 3 aromatic rings. The first-order chi connectivity index (χ1) is 13.9. The van der Waals surface area contributed by atoms with Crippen LogP contribution in [0.5, 0.6) is 0 Å². The summed E-state index contributed by atoms with van der Waals surface area (Å²) >= 11 is 0. The summed E-state index contributed by atoms with van der Waals surface area (Å²) in [6.45, 7) is 10.5. The minimum Gasteiger partial charge on any atom is -0.322 e. The number of aromatic amines is 1. The number of benzene rings is 1. The predicted molar refractivity (Wildman–Crippen MR) is 113 cm³/mol. The molecule has 1 aromatic carbocycles. The molecule has 0 bridgehead atoms. The molecule has 0 amide bonds. The van der Waals surface area contributed by atoms with Crippen molar-refractivity contribution in [2.24, 2.45) is 0 Å². The molecule has 0 aliphatic carbocycles. The van der Waals surface area contributed by atoms with Gasteiger partial charge in [-0.2, -0.15) is 0 Å². The highest BCUT2D eigenvalue weighted by Gasteiger charge is 2.37. The van der Waals surface area contributed by atoms with Crippen molar-refractivity contribution in [3.05, 3.63) is 51.6 Å². The number of H-pyrrole nitrogens is 1. The Labute approximate surface area is 171 Å². The summed E-state index contributed by atoms with van der Waals surface area (Å²) in [4.78, 5) is 17.8. The van der Waals surface area contributed by atoms with Gasteiger partial charge in [0.1, 0.15) is 0 Å². The summed E-state index contributed by atoms with van der Waals surface area (Å²) in [6.07, 6.45) is 4.47. The second-order valence-corrected chi connectivity index (χ2v) is 8.86. The summed E-state index contributed by atoms with van der Waals surface area (Å²) in [5.74, 6) is 0.784. The molecule has 7 heteroatoms. The Hall–Kier alpha value is -2.54. The Balaban J connectivity index is 1.92. The Morgan fingerprint density at radius 2 is 2.00 bits per heavy atom. The number of para-hydroxylation sites is 1. The van der Waals surface area contributed by atoms with Crippen LogP contribution in [0, 0.1) is 6.92 Å². The minimum absolute atomic E-state index is 0.0428. The molecule has 154 valence electrons. The molecule has 1 fully saturated rings. The number of pyridine rings is 1. The molecule has 29 heavy (non-hydrogen) atoms. The third kappa shape index (κ3) is 3.59. The molecule has 2 N–H and O–H groups in total. The molecule has 0 spiro atoms. The van der Waals surface area contributed by atoms with Crippen molar-refractivity contribution in [3.8, 4) is 0 Å². The number of rotatable bonds is 5. The highest BCUT2D eigenvalue weighted by molar-refractivity contribution is 5.82. The van der Waals surface area contributed by atoms with Gasteiger partial charge in [-0.05, 0) is 73.9 Å². The van der Waals surface area contributed by atoms with E-state index in [9.17, 15) is 4.79 Å². The number of quaternary nitrogens is 1. The van der Waals surface area contributed by atoms with Crippen LogP contribution in [0.1, 0.15) is 69.4 Å². The van der Waals surface area contributed by atoms with E-state index in [0.717, 1.165) is 60.2 Å². The number of nitrogens with zero attached hydrogens (tertiary/aromatic N) is 4. The van der Waals surface area contributed by atoms with E-state index in [0.29, 0.717) is 0 Å². The minimum atomic E-state index is -0.216. The van der Waals surface area contributed by atoms with Gasteiger partial charge in [-0.25, -0.2) is 4.68 Å². The first-order valence-corrected chi connectivity index (χ1v) is 10.7. The third-order valence-electron chi connectivity index (χ3n) is 6.52. The lowest BCUT2D eigenvalue weighted by atomic mass is 9.97. The standard InChI is InChI=1S/C22H30N6O/c1-5-22(3,4)28-20(24-25-26-28)19(27-12-7-6-8-13-27)17-14-16-11-9-10-15(2)18(16)23-21(17)29/h9-11,14,19H,5-8,12-13H2,1-4H3,(H,23,29)/p+1/t19-/m0/s1. The van der Waals surface area contributed by atoms with Gasteiger partial charge in [-0.3, -0.25) is 4.79 Å². The zero-order valence-electron chi connectivity index (χ0n) is 17.8. The summed E-state index contributed by atoms with van der Waals surface area (Å²) in [5, 5.41) is 13.9. The van der Waals surface area contributed by atoms with Gasteiger partial charge in [0.2, 0.25) is 5.82 Å². The van der Waals surface area contributed by atoms with Crippen molar-refractivity contribution < 1.29 is 4.90 Å². The molecule has 0 radical (unpaired) electrons. The van der Waals surface area contributed by atoms with Crippen LogP contribution in [0.15, 0.2) is 29.1 Å². The monoisotopic (exact) mass is 395 g/mol. The molecule has 7 nitrogen and oxygen atoms in total. The topological polar surface area (TPSA) is 80.9 Å². The van der Waals surface area contributed by atoms with Crippen LogP contribution in [0.25, 0.3) is 10.9 Å². The summed E-state index contributed by atoms with van der Waals surface area (Å²) in [5.41, 5.74) is 2.47. The summed E-state index contributed by atoms with van der Waals surface area (Å²) in [7, 11) is 0. The van der Waals surface area contributed by atoms with Gasteiger partial charge in [0.15, 0.2) is 6.04 Å². The average molecular weight is 396 g/mol. The number of hydrogen-bond acceptors (Lipinski definition) is 4. The van der Waals surface area contributed by atoms with Gasteiger partial charge < -0.3 is 9.88 Å². The van der Waals surface area contributed by atoms with E-state index < -0.39 is 0 Å². The number of hydrogen-bond donors (Lipinski definition) is 2. The fraction of sp³-hybridized carbons (Fsp3) is 0.545. The van der Waals surface area contributed by atoms with Crippen LogP contribution < -0.4 is 10.5 Å². The van der Waals surface area contributed by atoms with Crippen molar-refractivity contribution >= 4 is 10.9 Å². The summed E-state index contributed by atoms with van der Waals surface area (Å²) in [6, 6.07) is 7.99. The number of tetrazole rings is 1. The number of nitrogens with one attached hydrogen (secondary N) is 2. The van der Waals surface area contributed by atoms with E-state index >= 15 is 0 Å². The smallest absolute Gasteiger partial charge is 0.258 e. The van der Waals surface area contributed by atoms with E-state index in [2.05, 4.69) is 47.3 Å². The third-order valence-corrected chi connectivity index (χ3v) is 6.52. The lowest BCUT2D eigenvalue weighted by molar-refractivity contribution is -0.931. The van der Waals surface area contributed by atoms with E-state index in [4.69, 9.17) is 0 Å². The molecule has 1 aliphatic rings. The predicted octanol–water partition coefficient (Wildman–Crippen LogP) is 2.13. The van der Waals surface area contributed by atoms with Crippen molar-refractivity contribution in [2.45, 2.75) is 65.0 Å². The van der Waals surface area contributed by atoms with Crippen LogP contribution in [-0.4, -0.2) is 38.3 Å². The molecule has 4 rings (SSSR count). The maximum absolute atomic E-state index is 13.2. The van der Waals surface area contributed by atoms with E-state index in [1.54, 1.807) is 0 Å². The van der Waals surface area contributed by atoms with Crippen molar-refractivity contribution in [1.82, 2.24) is 25.2 Å². The maximum atomic E-state index is 13.2. The SMILES string of the molecule is CCC(C)(C)n1nnnc1[C@H](c1cc2cccc(C)c2[nH]c1=O)[NH+]1CCCCC1. The molecule has 0 saturated carbocycles. The largest absolute Gasteiger partial charge is 0.322 e. The maximum Gasteiger partial charge on any atom is 0.258 e. The molecule has 1 saturated heterocycles. The highest BCUT2D eigenvalue weighted by Crippen LogP contribution is 2.25. The van der Waals surface area contributed by atoms with Gasteiger partial charge in [0.25, 0.3) is 5.56 Å². The van der Waals surface area contributed by atoms with Gasteiger partial charge in [-0.1, -0.05) is 25.1 Å². The van der Waals surface area contributed by atoms with E-state index in [-0.39, 0.29) is 17.1 Å². The zero-order valence-corrected chi connectivity index (χ0v) is 17.8. The Bertz CT molecular complexity index is 1060. The molecular weight excluding hydrogens is 364 g/mol. The zero-order chi connectivity index (χ0) is 20.6. The normalized spacial score (nSPS) is 17.0. The van der Waals surface area contributed by atoms with Gasteiger partial charge in [0.05, 0.1) is 29.7 Å². The van der Waals surface area contributed by atoms with Crippen LogP contribution in [0.2, 0.25) is 0 Å². The van der Waals surface area contributed by atoms with Gasteiger partial charge in [-0.15, -0.1) is 5.10 Å². The van der Waals surface area contributed by atoms with Crippen LogP contribution >= 0.6 is 0 Å². The highest BCUT2D eigenvalue weighted by atomic mass is 16.1. The Morgan fingerprint density at radius 1 is 1.24 bits per heavy atom. The molecule has 1 aliphatic heterocycles. The average Bonchev–Trinajstić information content (AvgIpc) is 3.21. The molecule has 1 atom stereocenters. The number of aromatic nitrogens is 5. The Kier molecular flexibility index (Phi) is 5.25. The molecule has 3 heterocycles. The fourth-order valence-corrected chi connectivity index (χ4v) is 4.41. The first-order valence-electron chi connectivity index (χ1n) is 10.7. The number of aryl methyl sites for hydroxylation is 1. The van der Waals surface area contributed by atoms with Crippen molar-refractivity contribution in [3.63, 3.8) is 0 Å².